The highest BCUT2D eigenvalue weighted by atomic mass is 19.1. The summed E-state index contributed by atoms with van der Waals surface area (Å²) in [6.07, 6.45) is 3.70. The number of hydrogen-bond donors (Lipinski definition) is 1. The number of benzene rings is 1. The van der Waals surface area contributed by atoms with Gasteiger partial charge in [0.15, 0.2) is 0 Å². The lowest BCUT2D eigenvalue weighted by Gasteiger charge is -2.04. The van der Waals surface area contributed by atoms with Crippen LogP contribution < -0.4 is 5.32 Å². The Morgan fingerprint density at radius 3 is 2.89 bits per heavy atom. The van der Waals surface area contributed by atoms with Gasteiger partial charge < -0.3 is 14.1 Å². The molecule has 0 unspecified atom stereocenters. The summed E-state index contributed by atoms with van der Waals surface area (Å²) in [5.41, 5.74) is 1.72. The predicted molar refractivity (Wildman–Crippen MR) is 97.4 cm³/mol. The van der Waals surface area contributed by atoms with E-state index in [1.807, 2.05) is 28.8 Å². The third-order valence-electron chi connectivity index (χ3n) is 4.28. The molecular formula is C20H17FN4O2. The zero-order valence-electron chi connectivity index (χ0n) is 14.6. The number of nitrogens with one attached hydrogen (secondary N) is 1. The average molecular weight is 364 g/mol. The Bertz CT molecular complexity index is 1120. The molecule has 0 bridgehead atoms. The highest BCUT2D eigenvalue weighted by molar-refractivity contribution is 5.78. The van der Waals surface area contributed by atoms with Crippen molar-refractivity contribution in [2.24, 2.45) is 0 Å². The van der Waals surface area contributed by atoms with Gasteiger partial charge in [-0.3, -0.25) is 4.79 Å². The summed E-state index contributed by atoms with van der Waals surface area (Å²) in [6.45, 7) is 2.01. The quantitative estimate of drug-likeness (QED) is 0.590. The Morgan fingerprint density at radius 2 is 2.04 bits per heavy atom. The molecule has 0 aliphatic heterocycles. The van der Waals surface area contributed by atoms with Gasteiger partial charge >= 0.3 is 0 Å². The van der Waals surface area contributed by atoms with Crippen LogP contribution in [0.15, 0.2) is 59.3 Å². The normalized spacial score (nSPS) is 11.0. The fraction of sp³-hybridized carbons (Fsp3) is 0.150. The van der Waals surface area contributed by atoms with Crippen LogP contribution in [0.5, 0.6) is 0 Å². The molecule has 0 saturated heterocycles. The second-order valence-electron chi connectivity index (χ2n) is 6.13. The summed E-state index contributed by atoms with van der Waals surface area (Å²) in [6, 6.07) is 12.0. The molecule has 0 fully saturated rings. The van der Waals surface area contributed by atoms with Crippen molar-refractivity contribution in [3.05, 3.63) is 78.0 Å². The number of amides is 1. The van der Waals surface area contributed by atoms with Gasteiger partial charge in [0.1, 0.15) is 17.4 Å². The van der Waals surface area contributed by atoms with Gasteiger partial charge in [0.25, 0.3) is 0 Å². The van der Waals surface area contributed by atoms with Crippen LogP contribution in [-0.4, -0.2) is 20.3 Å². The van der Waals surface area contributed by atoms with Crippen LogP contribution in [0.2, 0.25) is 0 Å². The van der Waals surface area contributed by atoms with E-state index in [0.29, 0.717) is 18.0 Å². The topological polar surface area (TPSA) is 72.4 Å². The maximum Gasteiger partial charge on any atom is 0.229 e. The van der Waals surface area contributed by atoms with E-state index in [1.54, 1.807) is 31.3 Å². The van der Waals surface area contributed by atoms with Crippen molar-refractivity contribution < 1.29 is 13.6 Å². The first-order valence-electron chi connectivity index (χ1n) is 8.50. The third kappa shape index (κ3) is 3.44. The molecule has 6 nitrogen and oxygen atoms in total. The molecule has 0 atom stereocenters. The molecule has 1 amide bonds. The van der Waals surface area contributed by atoms with E-state index >= 15 is 0 Å². The minimum absolute atomic E-state index is 0.0487. The molecule has 3 aromatic heterocycles. The van der Waals surface area contributed by atoms with Crippen LogP contribution in [0.1, 0.15) is 17.3 Å². The number of halogens is 1. The lowest BCUT2D eigenvalue weighted by molar-refractivity contribution is -0.120. The van der Waals surface area contributed by atoms with E-state index < -0.39 is 5.82 Å². The minimum Gasteiger partial charge on any atom is -0.441 e. The molecule has 7 heteroatoms. The summed E-state index contributed by atoms with van der Waals surface area (Å²) < 4.78 is 21.4. The summed E-state index contributed by atoms with van der Waals surface area (Å²) in [7, 11) is 0. The van der Waals surface area contributed by atoms with Crippen molar-refractivity contribution in [2.45, 2.75) is 19.9 Å². The van der Waals surface area contributed by atoms with Crippen molar-refractivity contribution in [2.75, 3.05) is 0 Å². The van der Waals surface area contributed by atoms with Crippen molar-refractivity contribution >= 4 is 11.4 Å². The molecule has 0 aliphatic rings. The van der Waals surface area contributed by atoms with E-state index in [2.05, 4.69) is 15.3 Å². The van der Waals surface area contributed by atoms with Gasteiger partial charge in [-0.25, -0.2) is 14.4 Å². The molecule has 1 aromatic carbocycles. The van der Waals surface area contributed by atoms with E-state index in [-0.39, 0.29) is 23.8 Å². The number of imidazole rings is 1. The van der Waals surface area contributed by atoms with Gasteiger partial charge in [0, 0.05) is 6.20 Å². The number of carbonyl (C=O) groups excluding carboxylic acids is 1. The lowest BCUT2D eigenvalue weighted by Crippen LogP contribution is -2.26. The number of fused-ring (bicyclic) bond motifs is 1. The number of hydrogen-bond acceptors (Lipinski definition) is 4. The van der Waals surface area contributed by atoms with E-state index in [9.17, 15) is 9.18 Å². The number of carbonyl (C=O) groups is 1. The van der Waals surface area contributed by atoms with Gasteiger partial charge in [0.05, 0.1) is 35.9 Å². The number of aryl methyl sites for hydroxylation is 1. The third-order valence-corrected chi connectivity index (χ3v) is 4.28. The zero-order valence-corrected chi connectivity index (χ0v) is 14.6. The molecule has 4 aromatic rings. The van der Waals surface area contributed by atoms with Crippen molar-refractivity contribution in [3.63, 3.8) is 0 Å². The Balaban J connectivity index is 1.45. The maximum absolute atomic E-state index is 13.9. The Kier molecular flexibility index (Phi) is 4.42. The van der Waals surface area contributed by atoms with Crippen LogP contribution in [0.4, 0.5) is 4.39 Å². The molecule has 3 heterocycles. The maximum atomic E-state index is 13.9. The highest BCUT2D eigenvalue weighted by Gasteiger charge is 2.17. The van der Waals surface area contributed by atoms with Crippen LogP contribution >= 0.6 is 0 Å². The summed E-state index contributed by atoms with van der Waals surface area (Å²) >= 11 is 0. The van der Waals surface area contributed by atoms with Crippen LogP contribution in [0.3, 0.4) is 0 Å². The van der Waals surface area contributed by atoms with Crippen molar-refractivity contribution in [1.29, 1.82) is 0 Å². The number of pyridine rings is 1. The number of rotatable bonds is 5. The standard InChI is InChI=1S/C20H17FN4O2/c1-13-17(24-20(27-13)15-7-2-3-8-16(15)21)10-19(26)23-12-18-22-11-14-6-4-5-9-25(14)18/h2-9,11H,10,12H2,1H3,(H,23,26). The number of oxazole rings is 1. The molecule has 0 saturated carbocycles. The second kappa shape index (κ2) is 7.03. The van der Waals surface area contributed by atoms with Gasteiger partial charge in [-0.1, -0.05) is 18.2 Å². The fourth-order valence-corrected chi connectivity index (χ4v) is 2.86. The molecule has 0 radical (unpaired) electrons. The summed E-state index contributed by atoms with van der Waals surface area (Å²) in [5.74, 6) is 0.783. The predicted octanol–water partition coefficient (Wildman–Crippen LogP) is 3.30. The van der Waals surface area contributed by atoms with Gasteiger partial charge in [-0.05, 0) is 31.2 Å². The first-order valence-corrected chi connectivity index (χ1v) is 8.50. The largest absolute Gasteiger partial charge is 0.441 e. The van der Waals surface area contributed by atoms with Crippen LogP contribution in [-0.2, 0) is 17.8 Å². The van der Waals surface area contributed by atoms with Crippen molar-refractivity contribution in [1.82, 2.24) is 19.7 Å². The zero-order chi connectivity index (χ0) is 18.8. The summed E-state index contributed by atoms with van der Waals surface area (Å²) in [4.78, 5) is 20.9. The molecular weight excluding hydrogens is 347 g/mol. The van der Waals surface area contributed by atoms with Crippen molar-refractivity contribution in [3.8, 4) is 11.5 Å². The molecule has 1 N–H and O–H groups in total. The molecule has 4 rings (SSSR count). The fourth-order valence-electron chi connectivity index (χ4n) is 2.86. The average Bonchev–Trinajstić information content (AvgIpc) is 3.24. The molecule has 0 spiro atoms. The Labute approximate surface area is 154 Å². The first-order chi connectivity index (χ1) is 13.1. The van der Waals surface area contributed by atoms with Crippen LogP contribution in [0, 0.1) is 12.7 Å². The van der Waals surface area contributed by atoms with E-state index in [0.717, 1.165) is 11.3 Å². The smallest absolute Gasteiger partial charge is 0.229 e. The monoisotopic (exact) mass is 364 g/mol. The second-order valence-corrected chi connectivity index (χ2v) is 6.13. The van der Waals surface area contributed by atoms with E-state index in [4.69, 9.17) is 4.42 Å². The summed E-state index contributed by atoms with van der Waals surface area (Å²) in [5, 5.41) is 2.84. The number of nitrogens with zero attached hydrogens (tertiary/aromatic N) is 3. The Morgan fingerprint density at radius 1 is 1.22 bits per heavy atom. The SMILES string of the molecule is Cc1oc(-c2ccccc2F)nc1CC(=O)NCc1ncc2ccccn12. The van der Waals surface area contributed by atoms with Gasteiger partial charge in [-0.15, -0.1) is 0 Å². The highest BCUT2D eigenvalue weighted by Crippen LogP contribution is 2.24. The van der Waals surface area contributed by atoms with Gasteiger partial charge in [-0.2, -0.15) is 0 Å². The lowest BCUT2D eigenvalue weighted by atomic mass is 10.2. The van der Waals surface area contributed by atoms with Crippen LogP contribution in [0.25, 0.3) is 17.0 Å². The minimum atomic E-state index is -0.416. The number of aromatic nitrogens is 3. The van der Waals surface area contributed by atoms with Gasteiger partial charge in [0.2, 0.25) is 11.8 Å². The molecule has 27 heavy (non-hydrogen) atoms. The van der Waals surface area contributed by atoms with E-state index in [1.165, 1.54) is 6.07 Å². The molecule has 136 valence electrons. The molecule has 0 aliphatic carbocycles. The first kappa shape index (κ1) is 17.0. The Hall–Kier alpha value is -3.48.